The third-order valence-electron chi connectivity index (χ3n) is 4.44. The fourth-order valence-corrected chi connectivity index (χ4v) is 3.09. The first-order valence-electron chi connectivity index (χ1n) is 8.45. The lowest BCUT2D eigenvalue weighted by molar-refractivity contribution is -0.141. The van der Waals surface area contributed by atoms with Crippen LogP contribution in [0.15, 0.2) is 24.3 Å². The van der Waals surface area contributed by atoms with Gasteiger partial charge in [-0.25, -0.2) is 0 Å². The van der Waals surface area contributed by atoms with Crippen molar-refractivity contribution in [2.75, 3.05) is 44.4 Å². The summed E-state index contributed by atoms with van der Waals surface area (Å²) >= 11 is 0. The van der Waals surface area contributed by atoms with Crippen LogP contribution in [0.1, 0.15) is 18.4 Å². The number of ether oxygens (including phenoxy) is 2. The van der Waals surface area contributed by atoms with Crippen LogP contribution in [0.25, 0.3) is 0 Å². The summed E-state index contributed by atoms with van der Waals surface area (Å²) in [6.07, 6.45) is 2.07. The monoisotopic (exact) mass is 343 g/mol. The first-order chi connectivity index (χ1) is 12.2. The number of benzene rings is 1. The fraction of sp³-hybridized carbons (Fsp3) is 0.500. The standard InChI is InChI=1S/C18H21N3O4/c19-10-14-4-1-2-6-16(14)21-8-7-20(11-17(21)22)18(23)13-24-12-15-5-3-9-25-15/h1-2,4,6,15H,3,5,7-9,11-13H2/t15-/m1/s1. The normalized spacial score (nSPS) is 20.6. The zero-order valence-electron chi connectivity index (χ0n) is 14.0. The summed E-state index contributed by atoms with van der Waals surface area (Å²) in [7, 11) is 0. The van der Waals surface area contributed by atoms with Crippen LogP contribution in [0.2, 0.25) is 0 Å². The number of hydrogen-bond acceptors (Lipinski definition) is 5. The molecule has 0 unspecified atom stereocenters. The Morgan fingerprint density at radius 1 is 1.36 bits per heavy atom. The zero-order valence-corrected chi connectivity index (χ0v) is 14.0. The van der Waals surface area contributed by atoms with Crippen molar-refractivity contribution in [2.45, 2.75) is 18.9 Å². The molecule has 2 heterocycles. The molecule has 132 valence electrons. The molecular weight excluding hydrogens is 322 g/mol. The lowest BCUT2D eigenvalue weighted by Crippen LogP contribution is -2.53. The van der Waals surface area contributed by atoms with Gasteiger partial charge in [0.05, 0.1) is 24.0 Å². The zero-order chi connectivity index (χ0) is 17.6. The summed E-state index contributed by atoms with van der Waals surface area (Å²) in [6, 6.07) is 9.08. The lowest BCUT2D eigenvalue weighted by atomic mass is 10.1. The molecule has 0 N–H and O–H groups in total. The molecule has 0 bridgehead atoms. The van der Waals surface area contributed by atoms with Gasteiger partial charge in [-0.15, -0.1) is 0 Å². The molecule has 0 saturated carbocycles. The molecule has 0 aromatic heterocycles. The van der Waals surface area contributed by atoms with Crippen molar-refractivity contribution in [2.24, 2.45) is 0 Å². The summed E-state index contributed by atoms with van der Waals surface area (Å²) in [5.74, 6) is -0.388. The van der Waals surface area contributed by atoms with Crippen LogP contribution < -0.4 is 4.90 Å². The Balaban J connectivity index is 1.51. The minimum absolute atomic E-state index is 0.00187. The molecule has 1 aromatic rings. The van der Waals surface area contributed by atoms with Crippen molar-refractivity contribution >= 4 is 17.5 Å². The molecule has 2 aliphatic rings. The predicted octanol–water partition coefficient (Wildman–Crippen LogP) is 0.929. The highest BCUT2D eigenvalue weighted by atomic mass is 16.5. The Morgan fingerprint density at radius 3 is 2.92 bits per heavy atom. The summed E-state index contributed by atoms with van der Waals surface area (Å²) < 4.78 is 10.9. The van der Waals surface area contributed by atoms with Gasteiger partial charge >= 0.3 is 0 Å². The second-order valence-corrected chi connectivity index (χ2v) is 6.14. The first kappa shape index (κ1) is 17.4. The summed E-state index contributed by atoms with van der Waals surface area (Å²) in [4.78, 5) is 27.7. The smallest absolute Gasteiger partial charge is 0.249 e. The number of nitrogens with zero attached hydrogens (tertiary/aromatic N) is 3. The molecule has 2 fully saturated rings. The Bertz CT molecular complexity index is 679. The average molecular weight is 343 g/mol. The largest absolute Gasteiger partial charge is 0.376 e. The number of carbonyl (C=O) groups is 2. The molecule has 7 heteroatoms. The molecule has 25 heavy (non-hydrogen) atoms. The van der Waals surface area contributed by atoms with Crippen LogP contribution in [0.5, 0.6) is 0 Å². The Hall–Kier alpha value is -2.43. The van der Waals surface area contributed by atoms with E-state index in [4.69, 9.17) is 9.47 Å². The van der Waals surface area contributed by atoms with Crippen LogP contribution in [0.4, 0.5) is 5.69 Å². The van der Waals surface area contributed by atoms with Crippen molar-refractivity contribution in [1.82, 2.24) is 4.90 Å². The molecule has 0 spiro atoms. The first-order valence-corrected chi connectivity index (χ1v) is 8.45. The second kappa shape index (κ2) is 8.10. The summed E-state index contributed by atoms with van der Waals surface area (Å²) in [6.45, 7) is 1.92. The van der Waals surface area contributed by atoms with Gasteiger partial charge < -0.3 is 19.3 Å². The molecule has 2 amide bonds. The number of piperazine rings is 1. The Labute approximate surface area is 146 Å². The minimum Gasteiger partial charge on any atom is -0.376 e. The van der Waals surface area contributed by atoms with E-state index in [1.807, 2.05) is 0 Å². The van der Waals surface area contributed by atoms with E-state index < -0.39 is 0 Å². The maximum Gasteiger partial charge on any atom is 0.249 e. The Kier molecular flexibility index (Phi) is 5.64. The van der Waals surface area contributed by atoms with E-state index in [1.54, 1.807) is 29.2 Å². The molecular formula is C18H21N3O4. The minimum atomic E-state index is -0.195. The van der Waals surface area contributed by atoms with Gasteiger partial charge in [0.1, 0.15) is 19.2 Å². The van der Waals surface area contributed by atoms with Gasteiger partial charge in [-0.2, -0.15) is 5.26 Å². The number of amides is 2. The van der Waals surface area contributed by atoms with E-state index in [0.29, 0.717) is 30.9 Å². The average Bonchev–Trinajstić information content (AvgIpc) is 3.15. The maximum absolute atomic E-state index is 12.4. The van der Waals surface area contributed by atoms with Gasteiger partial charge in [0.2, 0.25) is 11.8 Å². The van der Waals surface area contributed by atoms with Crippen molar-refractivity contribution in [3.8, 4) is 6.07 Å². The van der Waals surface area contributed by atoms with E-state index in [1.165, 1.54) is 4.90 Å². The summed E-state index contributed by atoms with van der Waals surface area (Å²) in [5, 5.41) is 9.18. The highest BCUT2D eigenvalue weighted by molar-refractivity contribution is 5.99. The maximum atomic E-state index is 12.4. The SMILES string of the molecule is N#Cc1ccccc1N1CCN(C(=O)COC[C@H]2CCCO2)CC1=O. The summed E-state index contributed by atoms with van der Waals surface area (Å²) in [5.41, 5.74) is 1.05. The van der Waals surface area contributed by atoms with Crippen molar-refractivity contribution in [3.63, 3.8) is 0 Å². The second-order valence-electron chi connectivity index (χ2n) is 6.14. The predicted molar refractivity (Wildman–Crippen MR) is 89.9 cm³/mol. The van der Waals surface area contributed by atoms with Gasteiger partial charge in [-0.3, -0.25) is 9.59 Å². The Morgan fingerprint density at radius 2 is 2.20 bits per heavy atom. The molecule has 1 atom stereocenters. The van der Waals surface area contributed by atoms with Gasteiger partial charge in [-0.05, 0) is 25.0 Å². The highest BCUT2D eigenvalue weighted by Gasteiger charge is 2.29. The molecule has 2 aliphatic heterocycles. The van der Waals surface area contributed by atoms with E-state index in [9.17, 15) is 14.9 Å². The van der Waals surface area contributed by atoms with Crippen molar-refractivity contribution in [1.29, 1.82) is 5.26 Å². The van der Waals surface area contributed by atoms with Crippen LogP contribution in [-0.4, -0.2) is 62.3 Å². The van der Waals surface area contributed by atoms with E-state index >= 15 is 0 Å². The van der Waals surface area contributed by atoms with Crippen LogP contribution >= 0.6 is 0 Å². The van der Waals surface area contributed by atoms with Crippen LogP contribution in [0.3, 0.4) is 0 Å². The van der Waals surface area contributed by atoms with Crippen molar-refractivity contribution in [3.05, 3.63) is 29.8 Å². The van der Waals surface area contributed by atoms with Gasteiger partial charge in [0, 0.05) is 19.7 Å². The fourth-order valence-electron chi connectivity index (χ4n) is 3.09. The quantitative estimate of drug-likeness (QED) is 0.794. The molecule has 7 nitrogen and oxygen atoms in total. The van der Waals surface area contributed by atoms with E-state index in [-0.39, 0.29) is 31.1 Å². The van der Waals surface area contributed by atoms with Gasteiger partial charge in [-0.1, -0.05) is 12.1 Å². The van der Waals surface area contributed by atoms with Crippen LogP contribution in [-0.2, 0) is 19.1 Å². The number of anilines is 1. The lowest BCUT2D eigenvalue weighted by Gasteiger charge is -2.34. The number of para-hydroxylation sites is 1. The molecule has 0 radical (unpaired) electrons. The molecule has 0 aliphatic carbocycles. The molecule has 3 rings (SSSR count). The molecule has 1 aromatic carbocycles. The van der Waals surface area contributed by atoms with Gasteiger partial charge in [0.25, 0.3) is 0 Å². The third kappa shape index (κ3) is 4.16. The third-order valence-corrected chi connectivity index (χ3v) is 4.44. The van der Waals surface area contributed by atoms with Crippen LogP contribution in [0, 0.1) is 11.3 Å². The van der Waals surface area contributed by atoms with E-state index in [2.05, 4.69) is 6.07 Å². The van der Waals surface area contributed by atoms with E-state index in [0.717, 1.165) is 19.4 Å². The van der Waals surface area contributed by atoms with Gasteiger partial charge in [0.15, 0.2) is 0 Å². The number of nitriles is 1. The topological polar surface area (TPSA) is 82.9 Å². The number of hydrogen-bond donors (Lipinski definition) is 0. The van der Waals surface area contributed by atoms with Crippen molar-refractivity contribution < 1.29 is 19.1 Å². The number of rotatable bonds is 5. The highest BCUT2D eigenvalue weighted by Crippen LogP contribution is 2.21. The molecule has 2 saturated heterocycles. The number of carbonyl (C=O) groups excluding carboxylic acids is 2.